The third-order valence-electron chi connectivity index (χ3n) is 9.98. The van der Waals surface area contributed by atoms with Crippen LogP contribution in [0.4, 0.5) is 5.69 Å². The number of likely N-dealkylation sites (tertiary alicyclic amines) is 1. The van der Waals surface area contributed by atoms with Crippen LogP contribution < -0.4 is 10.2 Å². The number of rotatable bonds is 8. The number of halogens is 1. The Labute approximate surface area is 297 Å². The molecule has 0 bridgehead atoms. The lowest BCUT2D eigenvalue weighted by atomic mass is 9.77. The van der Waals surface area contributed by atoms with Crippen molar-refractivity contribution >= 4 is 41.0 Å². The number of aliphatic hydroxyl groups excluding tert-OH is 1. The van der Waals surface area contributed by atoms with Crippen LogP contribution >= 0.6 is 11.6 Å². The highest BCUT2D eigenvalue weighted by molar-refractivity contribution is 6.30. The molecule has 6 rings (SSSR count). The zero-order valence-corrected chi connectivity index (χ0v) is 29.2. The Morgan fingerprint density at radius 2 is 1.78 bits per heavy atom. The monoisotopic (exact) mass is 705 g/mol. The molecule has 50 heavy (non-hydrogen) atoms. The van der Waals surface area contributed by atoms with E-state index in [9.17, 15) is 24.3 Å². The minimum atomic E-state index is -1.55. The summed E-state index contributed by atoms with van der Waals surface area (Å²) in [6.07, 6.45) is 6.04. The molecule has 0 unspecified atom stereocenters. The number of amides is 3. The number of anilines is 1. The number of methoxy groups -OCH3 is 1. The van der Waals surface area contributed by atoms with Gasteiger partial charge in [0.05, 0.1) is 37.3 Å². The molecule has 8 atom stereocenters. The lowest BCUT2D eigenvalue weighted by molar-refractivity contribution is -0.163. The first-order valence-electron chi connectivity index (χ1n) is 17.2. The number of ether oxygens (including phenoxy) is 3. The fourth-order valence-corrected chi connectivity index (χ4v) is 8.02. The van der Waals surface area contributed by atoms with E-state index in [1.165, 1.54) is 12.0 Å². The van der Waals surface area contributed by atoms with Crippen LogP contribution in [0, 0.1) is 17.8 Å². The van der Waals surface area contributed by atoms with Crippen molar-refractivity contribution in [1.29, 1.82) is 0 Å². The van der Waals surface area contributed by atoms with E-state index in [4.69, 9.17) is 25.8 Å². The van der Waals surface area contributed by atoms with Crippen molar-refractivity contribution in [3.05, 3.63) is 89.5 Å². The Hall–Kier alpha value is -4.03. The largest absolute Gasteiger partial charge is 0.455 e. The van der Waals surface area contributed by atoms with Crippen molar-refractivity contribution in [3.63, 3.8) is 0 Å². The number of allylic oxidation sites excluding steroid dienone is 1. The molecule has 0 aliphatic carbocycles. The third-order valence-corrected chi connectivity index (χ3v) is 10.2. The van der Waals surface area contributed by atoms with Gasteiger partial charge in [0.1, 0.15) is 23.7 Å². The molecule has 3 amide bonds. The normalized spacial score (nSPS) is 31.2. The van der Waals surface area contributed by atoms with Gasteiger partial charge in [0, 0.05) is 30.8 Å². The summed E-state index contributed by atoms with van der Waals surface area (Å²) in [5.74, 6) is -4.01. The molecule has 4 aliphatic rings. The fourth-order valence-electron chi connectivity index (χ4n) is 7.90. The number of nitrogens with zero attached hydrogens (tertiary/aromatic N) is 2. The highest BCUT2D eigenvalue weighted by Gasteiger charge is 2.72. The highest BCUT2D eigenvalue weighted by atomic mass is 35.5. The molecule has 0 saturated carbocycles. The molecule has 12 heteroatoms. The minimum Gasteiger partial charge on any atom is -0.455 e. The van der Waals surface area contributed by atoms with Gasteiger partial charge in [-0.25, -0.2) is 0 Å². The minimum absolute atomic E-state index is 0.0618. The Balaban J connectivity index is 1.47. The quantitative estimate of drug-likeness (QED) is 0.311. The average Bonchev–Trinajstić information content (AvgIpc) is 3.49. The molecular formula is C38H44ClN3O8. The zero-order chi connectivity index (χ0) is 35.6. The summed E-state index contributed by atoms with van der Waals surface area (Å²) in [4.78, 5) is 60.4. The Kier molecular flexibility index (Phi) is 10.8. The average molecular weight is 706 g/mol. The van der Waals surface area contributed by atoms with E-state index in [0.29, 0.717) is 29.1 Å². The number of aliphatic hydroxyl groups is 1. The van der Waals surface area contributed by atoms with Crippen LogP contribution in [0.1, 0.15) is 44.8 Å². The molecule has 0 radical (unpaired) electrons. The van der Waals surface area contributed by atoms with Crippen LogP contribution in [-0.4, -0.2) is 90.4 Å². The first kappa shape index (κ1) is 35.8. The SMILES string of the molecule is COC[C@H]1NC(=O)CC/C=C\[C@H]2O[C@]34C=CCN(c5ccc(Cl)cc5)C(=O)[C@H]3N([C@@H](CO)CC(C)C)C(=O)[C@@H]4[C@H]2C(=O)O[C@@H]1c1ccccc1. The van der Waals surface area contributed by atoms with Gasteiger partial charge < -0.3 is 34.4 Å². The van der Waals surface area contributed by atoms with Gasteiger partial charge in [-0.3, -0.25) is 19.2 Å². The number of fused-ring (bicyclic) bond motifs is 2. The predicted octanol–water partition coefficient (Wildman–Crippen LogP) is 4.00. The standard InChI is InChI=1S/C38H44ClN3O8/c1-23(2)20-27(21-43)42-34-36(46)41(26-16-14-25(39)15-17-26)19-9-18-38(34)32(35(42)45)31-29(50-38)12-7-8-13-30(44)40-28(22-48-3)33(49-37(31)47)24-10-5-4-6-11-24/h4-7,9-12,14-18,23,27-29,31-34,43H,8,13,19-22H2,1-3H3,(H,40,44)/b12-7-/t27-,28-,29-,31+,32+,33-,34-,38+/m1/s1. The number of benzene rings is 2. The number of nitrogens with one attached hydrogen (secondary N) is 1. The topological polar surface area (TPSA) is 135 Å². The maximum Gasteiger partial charge on any atom is 0.313 e. The van der Waals surface area contributed by atoms with Crippen LogP contribution in [-0.2, 0) is 33.4 Å². The smallest absolute Gasteiger partial charge is 0.313 e. The van der Waals surface area contributed by atoms with Crippen LogP contribution in [0.2, 0.25) is 5.02 Å². The van der Waals surface area contributed by atoms with E-state index in [0.717, 1.165) is 0 Å². The molecule has 2 aromatic carbocycles. The summed E-state index contributed by atoms with van der Waals surface area (Å²) < 4.78 is 18.6. The van der Waals surface area contributed by atoms with Crippen molar-refractivity contribution in [2.75, 3.05) is 31.8 Å². The van der Waals surface area contributed by atoms with Crippen molar-refractivity contribution in [2.24, 2.45) is 17.8 Å². The number of cyclic esters (lactones) is 1. The summed E-state index contributed by atoms with van der Waals surface area (Å²) >= 11 is 6.17. The van der Waals surface area contributed by atoms with Gasteiger partial charge in [0.15, 0.2) is 0 Å². The van der Waals surface area contributed by atoms with Gasteiger partial charge >= 0.3 is 5.97 Å². The van der Waals surface area contributed by atoms with Gasteiger partial charge in [-0.2, -0.15) is 0 Å². The number of carbonyl (C=O) groups is 4. The summed E-state index contributed by atoms with van der Waals surface area (Å²) in [5, 5.41) is 14.2. The molecule has 4 heterocycles. The van der Waals surface area contributed by atoms with Crippen LogP contribution in [0.5, 0.6) is 0 Å². The summed E-state index contributed by atoms with van der Waals surface area (Å²) in [6, 6.07) is 13.3. The molecular weight excluding hydrogens is 662 g/mol. The molecule has 0 aromatic heterocycles. The molecule has 2 fully saturated rings. The van der Waals surface area contributed by atoms with E-state index in [2.05, 4.69) is 5.32 Å². The first-order valence-corrected chi connectivity index (χ1v) is 17.5. The van der Waals surface area contributed by atoms with Gasteiger partial charge in [-0.15, -0.1) is 0 Å². The fraction of sp³-hybridized carbons (Fsp3) is 0.474. The van der Waals surface area contributed by atoms with Crippen molar-refractivity contribution in [1.82, 2.24) is 10.2 Å². The first-order chi connectivity index (χ1) is 24.1. The Morgan fingerprint density at radius 3 is 2.46 bits per heavy atom. The third kappa shape index (κ3) is 6.71. The van der Waals surface area contributed by atoms with E-state index in [1.807, 2.05) is 32.0 Å². The van der Waals surface area contributed by atoms with Crippen LogP contribution in [0.25, 0.3) is 0 Å². The van der Waals surface area contributed by atoms with Gasteiger partial charge in [-0.05, 0) is 48.6 Å². The molecule has 4 aliphatic heterocycles. The summed E-state index contributed by atoms with van der Waals surface area (Å²) in [5.41, 5.74) is -0.336. The molecule has 266 valence electrons. The number of hydrogen-bond acceptors (Lipinski definition) is 8. The molecule has 2 saturated heterocycles. The number of carbonyl (C=O) groups excluding carboxylic acids is 4. The summed E-state index contributed by atoms with van der Waals surface area (Å²) in [6.45, 7) is 3.83. The molecule has 2 N–H and O–H groups in total. The van der Waals surface area contributed by atoms with Gasteiger partial charge in [-0.1, -0.05) is 80.1 Å². The lowest BCUT2D eigenvalue weighted by Gasteiger charge is -2.39. The van der Waals surface area contributed by atoms with Crippen molar-refractivity contribution < 1.29 is 38.5 Å². The molecule has 1 spiro atoms. The second kappa shape index (κ2) is 15.1. The van der Waals surface area contributed by atoms with E-state index >= 15 is 0 Å². The Morgan fingerprint density at radius 1 is 1.04 bits per heavy atom. The van der Waals surface area contributed by atoms with E-state index < -0.39 is 65.6 Å². The van der Waals surface area contributed by atoms with E-state index in [-0.39, 0.29) is 38.0 Å². The maximum atomic E-state index is 14.9. The number of hydrogen-bond donors (Lipinski definition) is 2. The highest BCUT2D eigenvalue weighted by Crippen LogP contribution is 2.54. The second-order valence-corrected chi connectivity index (χ2v) is 14.2. The number of esters is 1. The molecule has 11 nitrogen and oxygen atoms in total. The van der Waals surface area contributed by atoms with Crippen LogP contribution in [0.3, 0.4) is 0 Å². The van der Waals surface area contributed by atoms with Crippen LogP contribution in [0.15, 0.2) is 78.9 Å². The summed E-state index contributed by atoms with van der Waals surface area (Å²) in [7, 11) is 1.50. The molecule has 2 aromatic rings. The zero-order valence-electron chi connectivity index (χ0n) is 28.4. The van der Waals surface area contributed by atoms with Gasteiger partial charge in [0.2, 0.25) is 11.8 Å². The van der Waals surface area contributed by atoms with E-state index in [1.54, 1.807) is 65.6 Å². The lowest BCUT2D eigenvalue weighted by Crippen LogP contribution is -2.58. The van der Waals surface area contributed by atoms with Crippen molar-refractivity contribution in [3.8, 4) is 0 Å². The maximum absolute atomic E-state index is 14.9. The van der Waals surface area contributed by atoms with Crippen molar-refractivity contribution in [2.45, 2.75) is 69.0 Å². The van der Waals surface area contributed by atoms with Gasteiger partial charge in [0.25, 0.3) is 5.91 Å². The second-order valence-electron chi connectivity index (χ2n) is 13.7. The Bertz CT molecular complexity index is 1630. The predicted molar refractivity (Wildman–Crippen MR) is 186 cm³/mol.